The summed E-state index contributed by atoms with van der Waals surface area (Å²) < 4.78 is 15.6. The van der Waals surface area contributed by atoms with Gasteiger partial charge in [-0.1, -0.05) is 12.1 Å². The third-order valence-electron chi connectivity index (χ3n) is 2.61. The molecule has 0 fully saturated rings. The molecule has 0 bridgehead atoms. The predicted octanol–water partition coefficient (Wildman–Crippen LogP) is 1.52. The Balaban J connectivity index is 2.31. The number of hydrogen-bond acceptors (Lipinski definition) is 5. The zero-order chi connectivity index (χ0) is 14.1. The maximum absolute atomic E-state index is 9.82. The minimum atomic E-state index is -0.579. The molecule has 19 heavy (non-hydrogen) atoms. The molecule has 0 saturated carbocycles. The molecule has 108 valence electrons. The molecule has 5 nitrogen and oxygen atoms in total. The quantitative estimate of drug-likeness (QED) is 0.712. The van der Waals surface area contributed by atoms with E-state index in [4.69, 9.17) is 14.2 Å². The number of benzene rings is 1. The summed E-state index contributed by atoms with van der Waals surface area (Å²) in [4.78, 5) is 0. The van der Waals surface area contributed by atoms with Crippen LogP contribution in [0.2, 0.25) is 0 Å². The van der Waals surface area contributed by atoms with Crippen LogP contribution in [0.15, 0.2) is 24.3 Å². The number of aliphatic hydroxyl groups excluding tert-OH is 1. The van der Waals surface area contributed by atoms with Crippen molar-refractivity contribution in [2.24, 2.45) is 0 Å². The molecule has 0 amide bonds. The zero-order valence-electron chi connectivity index (χ0n) is 11.8. The Labute approximate surface area is 114 Å². The van der Waals surface area contributed by atoms with Crippen LogP contribution in [0.1, 0.15) is 6.92 Å². The SMILES string of the molecule is COCC(C)OCC(O)CNc1ccccc1OC. The van der Waals surface area contributed by atoms with Crippen molar-refractivity contribution in [1.82, 2.24) is 0 Å². The number of rotatable bonds is 9. The van der Waals surface area contributed by atoms with Crippen LogP contribution >= 0.6 is 0 Å². The third-order valence-corrected chi connectivity index (χ3v) is 2.61. The molecule has 0 saturated heterocycles. The number of nitrogens with one attached hydrogen (secondary N) is 1. The number of ether oxygens (including phenoxy) is 3. The first-order valence-corrected chi connectivity index (χ1v) is 6.32. The predicted molar refractivity (Wildman–Crippen MR) is 74.8 cm³/mol. The Morgan fingerprint density at radius 2 is 1.95 bits per heavy atom. The molecule has 5 heteroatoms. The molecule has 1 aromatic rings. The highest BCUT2D eigenvalue weighted by Crippen LogP contribution is 2.22. The minimum absolute atomic E-state index is 0.0223. The van der Waals surface area contributed by atoms with Gasteiger partial charge in [0.2, 0.25) is 0 Å². The standard InChI is InChI=1S/C14H23NO4/c1-11(9-17-2)19-10-12(16)8-15-13-6-4-5-7-14(13)18-3/h4-7,11-12,15-16H,8-10H2,1-3H3. The average molecular weight is 269 g/mol. The van der Waals surface area contributed by atoms with Gasteiger partial charge in [-0.3, -0.25) is 0 Å². The van der Waals surface area contributed by atoms with Crippen LogP contribution in [-0.2, 0) is 9.47 Å². The molecule has 0 aliphatic heterocycles. The lowest BCUT2D eigenvalue weighted by atomic mass is 10.2. The Bertz CT molecular complexity index is 359. The molecule has 0 aromatic heterocycles. The molecule has 0 heterocycles. The van der Waals surface area contributed by atoms with Crippen molar-refractivity contribution in [2.75, 3.05) is 39.3 Å². The Hall–Kier alpha value is -1.30. The maximum atomic E-state index is 9.82. The molecule has 2 atom stereocenters. The minimum Gasteiger partial charge on any atom is -0.495 e. The van der Waals surface area contributed by atoms with Crippen molar-refractivity contribution in [3.63, 3.8) is 0 Å². The van der Waals surface area contributed by atoms with Gasteiger partial charge in [0.1, 0.15) is 5.75 Å². The molecule has 0 aliphatic carbocycles. The molecule has 0 radical (unpaired) electrons. The first-order chi connectivity index (χ1) is 9.17. The average Bonchev–Trinajstić information content (AvgIpc) is 2.43. The highest BCUT2D eigenvalue weighted by Gasteiger charge is 2.09. The number of para-hydroxylation sites is 2. The smallest absolute Gasteiger partial charge is 0.141 e. The lowest BCUT2D eigenvalue weighted by Gasteiger charge is -2.17. The highest BCUT2D eigenvalue weighted by molar-refractivity contribution is 5.56. The summed E-state index contributed by atoms with van der Waals surface area (Å²) in [6.07, 6.45) is -0.602. The van der Waals surface area contributed by atoms with E-state index in [9.17, 15) is 5.11 Å². The van der Waals surface area contributed by atoms with Crippen molar-refractivity contribution < 1.29 is 19.3 Å². The largest absolute Gasteiger partial charge is 0.495 e. The Morgan fingerprint density at radius 3 is 2.63 bits per heavy atom. The third kappa shape index (κ3) is 5.92. The molecule has 1 aromatic carbocycles. The van der Waals surface area contributed by atoms with E-state index in [2.05, 4.69) is 5.32 Å². The van der Waals surface area contributed by atoms with Gasteiger partial charge in [0.05, 0.1) is 38.2 Å². The summed E-state index contributed by atoms with van der Waals surface area (Å²) in [5.41, 5.74) is 0.856. The van der Waals surface area contributed by atoms with E-state index in [0.29, 0.717) is 13.2 Å². The second-order valence-corrected chi connectivity index (χ2v) is 4.33. The molecular formula is C14H23NO4. The van der Waals surface area contributed by atoms with Gasteiger partial charge in [-0.15, -0.1) is 0 Å². The Kier molecular flexibility index (Phi) is 7.25. The van der Waals surface area contributed by atoms with E-state index in [1.807, 2.05) is 31.2 Å². The van der Waals surface area contributed by atoms with Gasteiger partial charge in [-0.05, 0) is 19.1 Å². The van der Waals surface area contributed by atoms with Crippen molar-refractivity contribution in [3.05, 3.63) is 24.3 Å². The summed E-state index contributed by atoms with van der Waals surface area (Å²) in [7, 11) is 3.24. The summed E-state index contributed by atoms with van der Waals surface area (Å²) in [6, 6.07) is 7.58. The first-order valence-electron chi connectivity index (χ1n) is 6.32. The monoisotopic (exact) mass is 269 g/mol. The molecule has 2 N–H and O–H groups in total. The van der Waals surface area contributed by atoms with Gasteiger partial charge in [-0.2, -0.15) is 0 Å². The molecule has 1 rings (SSSR count). The lowest BCUT2D eigenvalue weighted by Crippen LogP contribution is -2.28. The fourth-order valence-electron chi connectivity index (χ4n) is 1.64. The summed E-state index contributed by atoms with van der Waals surface area (Å²) in [6.45, 7) is 3.10. The van der Waals surface area contributed by atoms with E-state index in [-0.39, 0.29) is 12.7 Å². The summed E-state index contributed by atoms with van der Waals surface area (Å²) in [5.74, 6) is 0.753. The fraction of sp³-hybridized carbons (Fsp3) is 0.571. The van der Waals surface area contributed by atoms with Crippen LogP contribution in [-0.4, -0.2) is 51.3 Å². The van der Waals surface area contributed by atoms with Crippen LogP contribution in [0.25, 0.3) is 0 Å². The van der Waals surface area contributed by atoms with Crippen LogP contribution in [0, 0.1) is 0 Å². The number of hydrogen-bond donors (Lipinski definition) is 2. The van der Waals surface area contributed by atoms with Crippen molar-refractivity contribution >= 4 is 5.69 Å². The van der Waals surface area contributed by atoms with E-state index >= 15 is 0 Å². The Morgan fingerprint density at radius 1 is 1.21 bits per heavy atom. The van der Waals surface area contributed by atoms with Crippen LogP contribution in [0.5, 0.6) is 5.75 Å². The van der Waals surface area contributed by atoms with E-state index in [0.717, 1.165) is 11.4 Å². The second-order valence-electron chi connectivity index (χ2n) is 4.33. The van der Waals surface area contributed by atoms with Crippen LogP contribution in [0.4, 0.5) is 5.69 Å². The molecule has 2 unspecified atom stereocenters. The van der Waals surface area contributed by atoms with E-state index < -0.39 is 6.10 Å². The molecule has 0 aliphatic rings. The van der Waals surface area contributed by atoms with E-state index in [1.165, 1.54) is 0 Å². The van der Waals surface area contributed by atoms with Gasteiger partial charge < -0.3 is 24.6 Å². The van der Waals surface area contributed by atoms with Gasteiger partial charge in [0.15, 0.2) is 0 Å². The van der Waals surface area contributed by atoms with Gasteiger partial charge in [0.25, 0.3) is 0 Å². The maximum Gasteiger partial charge on any atom is 0.141 e. The molecular weight excluding hydrogens is 246 g/mol. The van der Waals surface area contributed by atoms with Crippen molar-refractivity contribution in [3.8, 4) is 5.75 Å². The van der Waals surface area contributed by atoms with Crippen molar-refractivity contribution in [2.45, 2.75) is 19.1 Å². The molecule has 0 spiro atoms. The van der Waals surface area contributed by atoms with Gasteiger partial charge in [-0.25, -0.2) is 0 Å². The number of anilines is 1. The van der Waals surface area contributed by atoms with Crippen molar-refractivity contribution in [1.29, 1.82) is 0 Å². The lowest BCUT2D eigenvalue weighted by molar-refractivity contribution is -0.0282. The first kappa shape index (κ1) is 15.8. The van der Waals surface area contributed by atoms with Crippen LogP contribution < -0.4 is 10.1 Å². The summed E-state index contributed by atoms with van der Waals surface area (Å²) >= 11 is 0. The number of methoxy groups -OCH3 is 2. The van der Waals surface area contributed by atoms with Gasteiger partial charge in [0, 0.05) is 13.7 Å². The number of aliphatic hydroxyl groups is 1. The topological polar surface area (TPSA) is 60.0 Å². The highest BCUT2D eigenvalue weighted by atomic mass is 16.5. The summed E-state index contributed by atoms with van der Waals surface area (Å²) in [5, 5.41) is 13.0. The normalized spacial score (nSPS) is 13.9. The van der Waals surface area contributed by atoms with Gasteiger partial charge >= 0.3 is 0 Å². The van der Waals surface area contributed by atoms with E-state index in [1.54, 1.807) is 14.2 Å². The zero-order valence-corrected chi connectivity index (χ0v) is 11.8. The van der Waals surface area contributed by atoms with Crippen LogP contribution in [0.3, 0.4) is 0 Å². The second kappa shape index (κ2) is 8.74. The fourth-order valence-corrected chi connectivity index (χ4v) is 1.64.